The molecule has 0 saturated heterocycles. The van der Waals surface area contributed by atoms with Crippen LogP contribution in [0.15, 0.2) is 45.7 Å². The average molecular weight is 214 g/mol. The number of allylic oxidation sites excluding steroid dienone is 4. The highest BCUT2D eigenvalue weighted by atomic mass is 14.9. The molecular formula is C14H18N2. The van der Waals surface area contributed by atoms with Gasteiger partial charge in [0, 0.05) is 23.3 Å². The Bertz CT molecular complexity index is 365. The van der Waals surface area contributed by atoms with Gasteiger partial charge in [-0.05, 0) is 26.0 Å². The molecule has 84 valence electrons. The van der Waals surface area contributed by atoms with Gasteiger partial charge in [-0.15, -0.1) is 0 Å². The molecule has 1 aliphatic carbocycles. The second kappa shape index (κ2) is 3.55. The maximum Gasteiger partial charge on any atom is 0.0879 e. The molecule has 1 aliphatic heterocycles. The Kier molecular flexibility index (Phi) is 2.45. The van der Waals surface area contributed by atoms with Gasteiger partial charge in [-0.25, -0.2) is 0 Å². The van der Waals surface area contributed by atoms with Crippen LogP contribution in [0.5, 0.6) is 0 Å². The smallest absolute Gasteiger partial charge is 0.0879 e. The van der Waals surface area contributed by atoms with Gasteiger partial charge in [0.15, 0.2) is 0 Å². The summed E-state index contributed by atoms with van der Waals surface area (Å²) in [4.78, 5) is 9.03. The van der Waals surface area contributed by atoms with Crippen molar-refractivity contribution in [2.45, 2.75) is 27.7 Å². The van der Waals surface area contributed by atoms with Crippen molar-refractivity contribution in [2.24, 2.45) is 20.8 Å². The van der Waals surface area contributed by atoms with Gasteiger partial charge in [0.05, 0.1) is 11.4 Å². The number of hydrogen-bond donors (Lipinski definition) is 0. The monoisotopic (exact) mass is 214 g/mol. The molecule has 0 radical (unpaired) electrons. The fraction of sp³-hybridized carbons (Fsp3) is 0.429. The summed E-state index contributed by atoms with van der Waals surface area (Å²) in [6, 6.07) is 0. The standard InChI is InChI=1S/C14H18N2/c1-13(2)7-5-11-12(6-8-13)16-10-14(3,4)9-15-11/h5-10H,1-4H3. The van der Waals surface area contributed by atoms with Crippen LogP contribution >= 0.6 is 0 Å². The zero-order valence-electron chi connectivity index (χ0n) is 10.4. The first-order valence-electron chi connectivity index (χ1n) is 5.61. The minimum Gasteiger partial charge on any atom is -0.258 e. The number of nitrogens with zero attached hydrogens (tertiary/aromatic N) is 2. The van der Waals surface area contributed by atoms with Crippen LogP contribution in [0.1, 0.15) is 27.7 Å². The summed E-state index contributed by atoms with van der Waals surface area (Å²) in [5.74, 6) is 0. The van der Waals surface area contributed by atoms with Crippen molar-refractivity contribution >= 4 is 12.4 Å². The van der Waals surface area contributed by atoms with Crippen molar-refractivity contribution in [1.29, 1.82) is 0 Å². The Balaban J connectivity index is 2.43. The minimum absolute atomic E-state index is 0.0661. The quantitative estimate of drug-likeness (QED) is 0.589. The number of hydrogen-bond acceptors (Lipinski definition) is 2. The zero-order chi connectivity index (χ0) is 11.8. The topological polar surface area (TPSA) is 24.7 Å². The Hall–Kier alpha value is -1.44. The molecule has 0 saturated carbocycles. The first-order valence-corrected chi connectivity index (χ1v) is 5.61. The summed E-state index contributed by atoms with van der Waals surface area (Å²) in [6.07, 6.45) is 12.4. The highest BCUT2D eigenvalue weighted by molar-refractivity contribution is 5.90. The molecule has 0 bridgehead atoms. The normalized spacial score (nSPS) is 25.2. The Labute approximate surface area is 97.2 Å². The van der Waals surface area contributed by atoms with Crippen LogP contribution in [-0.4, -0.2) is 12.4 Å². The maximum atomic E-state index is 4.52. The highest BCUT2D eigenvalue weighted by Crippen LogP contribution is 2.28. The third-order valence-corrected chi connectivity index (χ3v) is 2.68. The molecule has 2 rings (SSSR count). The van der Waals surface area contributed by atoms with E-state index in [1.165, 1.54) is 0 Å². The van der Waals surface area contributed by atoms with E-state index in [0.29, 0.717) is 0 Å². The lowest BCUT2D eigenvalue weighted by Crippen LogP contribution is -2.13. The third-order valence-electron chi connectivity index (χ3n) is 2.68. The minimum atomic E-state index is -0.0661. The van der Waals surface area contributed by atoms with E-state index in [1.807, 2.05) is 12.4 Å². The lowest BCUT2D eigenvalue weighted by atomic mass is 9.93. The zero-order valence-corrected chi connectivity index (χ0v) is 10.4. The van der Waals surface area contributed by atoms with Gasteiger partial charge in [0.25, 0.3) is 0 Å². The Morgan fingerprint density at radius 1 is 0.750 bits per heavy atom. The molecule has 0 atom stereocenters. The van der Waals surface area contributed by atoms with E-state index in [0.717, 1.165) is 11.4 Å². The van der Waals surface area contributed by atoms with Gasteiger partial charge in [-0.3, -0.25) is 9.98 Å². The molecule has 0 aromatic carbocycles. The van der Waals surface area contributed by atoms with E-state index < -0.39 is 0 Å². The molecule has 2 heteroatoms. The highest BCUT2D eigenvalue weighted by Gasteiger charge is 2.18. The van der Waals surface area contributed by atoms with Crippen LogP contribution in [0, 0.1) is 10.8 Å². The van der Waals surface area contributed by atoms with Gasteiger partial charge in [0.2, 0.25) is 0 Å². The van der Waals surface area contributed by atoms with Gasteiger partial charge >= 0.3 is 0 Å². The van der Waals surface area contributed by atoms with E-state index in [9.17, 15) is 0 Å². The van der Waals surface area contributed by atoms with Gasteiger partial charge < -0.3 is 0 Å². The van der Waals surface area contributed by atoms with Crippen molar-refractivity contribution in [2.75, 3.05) is 0 Å². The molecule has 16 heavy (non-hydrogen) atoms. The van der Waals surface area contributed by atoms with Gasteiger partial charge in [-0.1, -0.05) is 26.0 Å². The van der Waals surface area contributed by atoms with Gasteiger partial charge in [0.1, 0.15) is 0 Å². The maximum absolute atomic E-state index is 4.52. The van der Waals surface area contributed by atoms with Crippen LogP contribution in [0.25, 0.3) is 0 Å². The molecule has 0 amide bonds. The van der Waals surface area contributed by atoms with Crippen molar-refractivity contribution < 1.29 is 0 Å². The van der Waals surface area contributed by atoms with Crippen molar-refractivity contribution in [3.05, 3.63) is 35.7 Å². The van der Waals surface area contributed by atoms with Gasteiger partial charge in [-0.2, -0.15) is 0 Å². The molecule has 1 heterocycles. The third kappa shape index (κ3) is 2.38. The Morgan fingerprint density at radius 3 is 1.62 bits per heavy atom. The first kappa shape index (κ1) is 11.1. The SMILES string of the molecule is CC1(C)C=CC2=C(C=C1)N=CC(C)(C)C=N2. The molecule has 0 unspecified atom stereocenters. The predicted octanol–water partition coefficient (Wildman–Crippen LogP) is 3.53. The summed E-state index contributed by atoms with van der Waals surface area (Å²) in [5, 5.41) is 0. The lowest BCUT2D eigenvalue weighted by Gasteiger charge is -2.12. The summed E-state index contributed by atoms with van der Waals surface area (Å²) in [5.41, 5.74) is 1.91. The van der Waals surface area contributed by atoms with Crippen LogP contribution in [0.4, 0.5) is 0 Å². The first-order chi connectivity index (χ1) is 7.38. The Morgan fingerprint density at radius 2 is 1.19 bits per heavy atom. The molecule has 0 aromatic heterocycles. The summed E-state index contributed by atoms with van der Waals surface area (Å²) in [7, 11) is 0. The summed E-state index contributed by atoms with van der Waals surface area (Å²) in [6.45, 7) is 8.54. The molecule has 0 aromatic rings. The van der Waals surface area contributed by atoms with Crippen molar-refractivity contribution in [3.8, 4) is 0 Å². The van der Waals surface area contributed by atoms with E-state index in [-0.39, 0.29) is 10.8 Å². The summed E-state index contributed by atoms with van der Waals surface area (Å²) >= 11 is 0. The van der Waals surface area contributed by atoms with Crippen molar-refractivity contribution in [1.82, 2.24) is 0 Å². The lowest BCUT2D eigenvalue weighted by molar-refractivity contribution is 0.626. The largest absolute Gasteiger partial charge is 0.258 e. The molecule has 2 nitrogen and oxygen atoms in total. The molecular weight excluding hydrogens is 196 g/mol. The van der Waals surface area contributed by atoms with Crippen molar-refractivity contribution in [3.63, 3.8) is 0 Å². The van der Waals surface area contributed by atoms with E-state index in [2.05, 4.69) is 62.0 Å². The fourth-order valence-electron chi connectivity index (χ4n) is 1.54. The molecule has 0 fully saturated rings. The fourth-order valence-corrected chi connectivity index (χ4v) is 1.54. The van der Waals surface area contributed by atoms with Crippen LogP contribution < -0.4 is 0 Å². The second-order valence-corrected chi connectivity index (χ2v) is 5.60. The van der Waals surface area contributed by atoms with E-state index in [4.69, 9.17) is 0 Å². The van der Waals surface area contributed by atoms with E-state index >= 15 is 0 Å². The summed E-state index contributed by atoms with van der Waals surface area (Å²) < 4.78 is 0. The average Bonchev–Trinajstić information content (AvgIpc) is 2.40. The number of aliphatic imine (C=N–C) groups is 2. The van der Waals surface area contributed by atoms with Crippen LogP contribution in [0.3, 0.4) is 0 Å². The van der Waals surface area contributed by atoms with Crippen LogP contribution in [0.2, 0.25) is 0 Å². The molecule has 0 spiro atoms. The number of rotatable bonds is 0. The second-order valence-electron chi connectivity index (χ2n) is 5.60. The molecule has 0 N–H and O–H groups in total. The molecule has 2 aliphatic rings. The predicted molar refractivity (Wildman–Crippen MR) is 69.9 cm³/mol. The van der Waals surface area contributed by atoms with E-state index in [1.54, 1.807) is 0 Å². The van der Waals surface area contributed by atoms with Crippen LogP contribution in [-0.2, 0) is 0 Å².